The molecule has 3 N–H and O–H groups in total. The molecule has 1 atom stereocenters. The molecule has 0 fully saturated rings. The molecule has 0 saturated carbocycles. The number of aromatic nitrogens is 1. The zero-order chi connectivity index (χ0) is 13.8. The topological polar surface area (TPSA) is 68.0 Å². The van der Waals surface area contributed by atoms with Crippen molar-refractivity contribution in [2.45, 2.75) is 26.4 Å². The molecule has 4 heteroatoms. The lowest BCUT2D eigenvalue weighted by Crippen LogP contribution is -2.43. The van der Waals surface area contributed by atoms with Crippen molar-refractivity contribution in [3.05, 3.63) is 42.2 Å². The van der Waals surface area contributed by atoms with Crippen LogP contribution in [-0.4, -0.2) is 16.9 Å². The first-order chi connectivity index (χ1) is 9.09. The molecular formula is C15H19N3O. The van der Waals surface area contributed by atoms with Gasteiger partial charge in [0.15, 0.2) is 0 Å². The molecule has 2 aromatic rings. The van der Waals surface area contributed by atoms with Gasteiger partial charge in [0.05, 0.1) is 18.3 Å². The number of nitrogens with zero attached hydrogens (tertiary/aromatic N) is 1. The molecular weight excluding hydrogens is 238 g/mol. The molecule has 0 aliphatic carbocycles. The summed E-state index contributed by atoms with van der Waals surface area (Å²) in [7, 11) is 0. The van der Waals surface area contributed by atoms with Gasteiger partial charge in [0.1, 0.15) is 0 Å². The van der Waals surface area contributed by atoms with E-state index in [2.05, 4.69) is 10.3 Å². The predicted octanol–water partition coefficient (Wildman–Crippen LogP) is 1.83. The third kappa shape index (κ3) is 3.09. The summed E-state index contributed by atoms with van der Waals surface area (Å²) in [6.07, 6.45) is 1.76. The quantitative estimate of drug-likeness (QED) is 0.878. The summed E-state index contributed by atoms with van der Waals surface area (Å²) in [6, 6.07) is 9.47. The third-order valence-corrected chi connectivity index (χ3v) is 3.21. The van der Waals surface area contributed by atoms with Crippen LogP contribution in [0.25, 0.3) is 10.8 Å². The van der Waals surface area contributed by atoms with Crippen LogP contribution >= 0.6 is 0 Å². The lowest BCUT2D eigenvalue weighted by molar-refractivity contribution is -0.123. The van der Waals surface area contributed by atoms with Crippen LogP contribution in [0.1, 0.15) is 19.5 Å². The van der Waals surface area contributed by atoms with Crippen LogP contribution in [0, 0.1) is 5.92 Å². The van der Waals surface area contributed by atoms with Crippen molar-refractivity contribution in [1.29, 1.82) is 0 Å². The fraction of sp³-hybridized carbons (Fsp3) is 0.333. The van der Waals surface area contributed by atoms with Crippen LogP contribution in [0.2, 0.25) is 0 Å². The van der Waals surface area contributed by atoms with Gasteiger partial charge in [0, 0.05) is 11.6 Å². The summed E-state index contributed by atoms with van der Waals surface area (Å²) < 4.78 is 0. The molecule has 0 radical (unpaired) electrons. The van der Waals surface area contributed by atoms with E-state index in [-0.39, 0.29) is 11.8 Å². The zero-order valence-corrected chi connectivity index (χ0v) is 11.3. The number of hydrogen-bond acceptors (Lipinski definition) is 3. The molecule has 1 amide bonds. The number of pyridine rings is 1. The number of nitrogens with one attached hydrogen (secondary N) is 1. The third-order valence-electron chi connectivity index (χ3n) is 3.21. The smallest absolute Gasteiger partial charge is 0.237 e. The standard InChI is InChI=1S/C15H19N3O/c1-10(2)14(16)15(19)18-9-13-12-6-4-3-5-11(12)7-8-17-13/h3-8,10,14H,9,16H2,1-2H3,(H,18,19)/t14-/m0/s1. The van der Waals surface area contributed by atoms with Crippen molar-refractivity contribution < 1.29 is 4.79 Å². The van der Waals surface area contributed by atoms with Gasteiger partial charge in [-0.2, -0.15) is 0 Å². The van der Waals surface area contributed by atoms with E-state index >= 15 is 0 Å². The maximum absolute atomic E-state index is 11.8. The Hall–Kier alpha value is -1.94. The molecule has 1 aromatic carbocycles. The summed E-state index contributed by atoms with van der Waals surface area (Å²) in [5.41, 5.74) is 6.67. The fourth-order valence-electron chi connectivity index (χ4n) is 1.91. The highest BCUT2D eigenvalue weighted by molar-refractivity contribution is 5.85. The minimum atomic E-state index is -0.477. The van der Waals surface area contributed by atoms with E-state index in [1.54, 1.807) is 6.20 Å². The Bertz CT molecular complexity index is 575. The van der Waals surface area contributed by atoms with Crippen molar-refractivity contribution in [2.24, 2.45) is 11.7 Å². The zero-order valence-electron chi connectivity index (χ0n) is 11.3. The van der Waals surface area contributed by atoms with Crippen LogP contribution in [0.5, 0.6) is 0 Å². The molecule has 0 bridgehead atoms. The van der Waals surface area contributed by atoms with Gasteiger partial charge in [-0.3, -0.25) is 9.78 Å². The van der Waals surface area contributed by atoms with E-state index in [1.807, 2.05) is 44.2 Å². The number of amides is 1. The Morgan fingerprint density at radius 3 is 2.79 bits per heavy atom. The monoisotopic (exact) mass is 257 g/mol. The molecule has 1 heterocycles. The SMILES string of the molecule is CC(C)[C@H](N)C(=O)NCc1nccc2ccccc12. The molecule has 0 saturated heterocycles. The van der Waals surface area contributed by atoms with E-state index in [0.717, 1.165) is 16.5 Å². The van der Waals surface area contributed by atoms with Crippen molar-refractivity contribution in [1.82, 2.24) is 10.3 Å². The summed E-state index contributed by atoms with van der Waals surface area (Å²) in [4.78, 5) is 16.2. The van der Waals surface area contributed by atoms with Gasteiger partial charge in [-0.1, -0.05) is 38.1 Å². The molecule has 4 nitrogen and oxygen atoms in total. The van der Waals surface area contributed by atoms with E-state index in [1.165, 1.54) is 0 Å². The van der Waals surface area contributed by atoms with Gasteiger partial charge >= 0.3 is 0 Å². The maximum Gasteiger partial charge on any atom is 0.237 e. The van der Waals surface area contributed by atoms with Crippen LogP contribution in [-0.2, 0) is 11.3 Å². The summed E-state index contributed by atoms with van der Waals surface area (Å²) in [5, 5.41) is 5.02. The number of benzene rings is 1. The van der Waals surface area contributed by atoms with Gasteiger partial charge in [-0.15, -0.1) is 0 Å². The Morgan fingerprint density at radius 1 is 1.32 bits per heavy atom. The average Bonchev–Trinajstić information content (AvgIpc) is 2.43. The molecule has 1 aromatic heterocycles. The fourth-order valence-corrected chi connectivity index (χ4v) is 1.91. The number of nitrogens with two attached hydrogens (primary N) is 1. The Morgan fingerprint density at radius 2 is 2.05 bits per heavy atom. The highest BCUT2D eigenvalue weighted by Crippen LogP contribution is 2.15. The van der Waals surface area contributed by atoms with E-state index < -0.39 is 6.04 Å². The highest BCUT2D eigenvalue weighted by Gasteiger charge is 2.16. The van der Waals surface area contributed by atoms with Crippen molar-refractivity contribution in [2.75, 3.05) is 0 Å². The van der Waals surface area contributed by atoms with Gasteiger partial charge in [0.2, 0.25) is 5.91 Å². The predicted molar refractivity (Wildman–Crippen MR) is 76.4 cm³/mol. The second-order valence-corrected chi connectivity index (χ2v) is 4.97. The number of carbonyl (C=O) groups excluding carboxylic acids is 1. The van der Waals surface area contributed by atoms with Gasteiger partial charge in [-0.25, -0.2) is 0 Å². The Balaban J connectivity index is 2.12. The molecule has 0 spiro atoms. The first-order valence-electron chi connectivity index (χ1n) is 6.45. The maximum atomic E-state index is 11.8. The first-order valence-corrected chi connectivity index (χ1v) is 6.45. The number of fused-ring (bicyclic) bond motifs is 1. The van der Waals surface area contributed by atoms with Crippen molar-refractivity contribution in [3.63, 3.8) is 0 Å². The molecule has 19 heavy (non-hydrogen) atoms. The van der Waals surface area contributed by atoms with Gasteiger partial charge in [0.25, 0.3) is 0 Å². The van der Waals surface area contributed by atoms with Crippen LogP contribution in [0.15, 0.2) is 36.5 Å². The number of carbonyl (C=O) groups is 1. The lowest BCUT2D eigenvalue weighted by Gasteiger charge is -2.15. The minimum absolute atomic E-state index is 0.125. The second kappa shape index (κ2) is 5.80. The minimum Gasteiger partial charge on any atom is -0.349 e. The lowest BCUT2D eigenvalue weighted by atomic mass is 10.0. The van der Waals surface area contributed by atoms with Crippen molar-refractivity contribution in [3.8, 4) is 0 Å². The molecule has 0 aliphatic heterocycles. The van der Waals surface area contributed by atoms with Crippen molar-refractivity contribution >= 4 is 16.7 Å². The highest BCUT2D eigenvalue weighted by atomic mass is 16.2. The molecule has 100 valence electrons. The van der Waals surface area contributed by atoms with Gasteiger partial charge in [-0.05, 0) is 17.4 Å². The molecule has 0 unspecified atom stereocenters. The first kappa shape index (κ1) is 13.5. The van der Waals surface area contributed by atoms with Gasteiger partial charge < -0.3 is 11.1 Å². The van der Waals surface area contributed by atoms with E-state index in [9.17, 15) is 4.79 Å². The van der Waals surface area contributed by atoms with Crippen LogP contribution in [0.3, 0.4) is 0 Å². The van der Waals surface area contributed by atoms with E-state index in [0.29, 0.717) is 6.54 Å². The second-order valence-electron chi connectivity index (χ2n) is 4.97. The van der Waals surface area contributed by atoms with Crippen LogP contribution < -0.4 is 11.1 Å². The summed E-state index contributed by atoms with van der Waals surface area (Å²) in [6.45, 7) is 4.27. The molecule has 2 rings (SSSR count). The van der Waals surface area contributed by atoms with E-state index in [4.69, 9.17) is 5.73 Å². The summed E-state index contributed by atoms with van der Waals surface area (Å²) in [5.74, 6) is -0.00906. The largest absolute Gasteiger partial charge is 0.349 e. The Kier molecular flexibility index (Phi) is 4.12. The average molecular weight is 257 g/mol. The van der Waals surface area contributed by atoms with Crippen LogP contribution in [0.4, 0.5) is 0 Å². The molecule has 0 aliphatic rings. The number of rotatable bonds is 4. The normalized spacial score (nSPS) is 12.6. The Labute approximate surface area is 113 Å². The summed E-state index contributed by atoms with van der Waals surface area (Å²) >= 11 is 0. The number of hydrogen-bond donors (Lipinski definition) is 2.